The van der Waals surface area contributed by atoms with Crippen LogP contribution in [0.3, 0.4) is 0 Å². The molecule has 0 aliphatic heterocycles. The average Bonchev–Trinajstić information content (AvgIpc) is 2.77. The maximum Gasteiger partial charge on any atom is 0.388 e. The summed E-state index contributed by atoms with van der Waals surface area (Å²) >= 11 is 29.3. The fourth-order valence-electron chi connectivity index (χ4n) is 1.92. The Hall–Kier alpha value is -1.05. The van der Waals surface area contributed by atoms with Crippen LogP contribution in [0.25, 0.3) is 17.3 Å². The standard InChI is InChI=1S/C14H7Cl5F2N2O2/c1-23-13(25-14(20)21)10(18)11(22-23)6-2-5(3-9(17)12(19)24)7(15)4-8(6)16/h2-4,14H,1H3. The van der Waals surface area contributed by atoms with E-state index in [1.807, 2.05) is 0 Å². The first kappa shape index (κ1) is 20.3. The van der Waals surface area contributed by atoms with Gasteiger partial charge < -0.3 is 4.74 Å². The van der Waals surface area contributed by atoms with E-state index in [4.69, 9.17) is 58.0 Å². The third kappa shape index (κ3) is 4.57. The zero-order valence-corrected chi connectivity index (χ0v) is 15.9. The maximum atomic E-state index is 12.5. The van der Waals surface area contributed by atoms with E-state index in [0.29, 0.717) is 5.56 Å². The first-order valence-electron chi connectivity index (χ1n) is 6.35. The highest BCUT2D eigenvalue weighted by Gasteiger charge is 2.22. The summed E-state index contributed by atoms with van der Waals surface area (Å²) in [5, 5.41) is 3.05. The van der Waals surface area contributed by atoms with Gasteiger partial charge in [-0.05, 0) is 35.4 Å². The molecule has 0 aliphatic rings. The highest BCUT2D eigenvalue weighted by atomic mass is 35.5. The molecule has 0 aliphatic carbocycles. The Balaban J connectivity index is 2.61. The first-order chi connectivity index (χ1) is 11.6. The van der Waals surface area contributed by atoms with Crippen LogP contribution >= 0.6 is 58.0 Å². The number of benzene rings is 1. The minimum Gasteiger partial charge on any atom is -0.416 e. The van der Waals surface area contributed by atoms with Crippen LogP contribution in [0, 0.1) is 0 Å². The number of carbonyl (C=O) groups is 1. The van der Waals surface area contributed by atoms with Crippen molar-refractivity contribution in [3.05, 3.63) is 37.8 Å². The predicted octanol–water partition coefficient (Wildman–Crippen LogP) is 5.99. The van der Waals surface area contributed by atoms with Crippen LogP contribution in [0.15, 0.2) is 17.2 Å². The molecule has 0 atom stereocenters. The van der Waals surface area contributed by atoms with Gasteiger partial charge in [-0.3, -0.25) is 4.79 Å². The van der Waals surface area contributed by atoms with Crippen LogP contribution in [0.4, 0.5) is 8.78 Å². The van der Waals surface area contributed by atoms with E-state index in [0.717, 1.165) is 4.68 Å². The molecule has 0 unspecified atom stereocenters. The Labute approximate surface area is 165 Å². The zero-order valence-electron chi connectivity index (χ0n) is 12.2. The summed E-state index contributed by atoms with van der Waals surface area (Å²) in [7, 11) is 1.38. The molecular formula is C14H7Cl5F2N2O2. The fourth-order valence-corrected chi connectivity index (χ4v) is 2.92. The summed E-state index contributed by atoms with van der Waals surface area (Å²) in [6.07, 6.45) is 1.23. The molecule has 0 N–H and O–H groups in total. The molecule has 1 aromatic carbocycles. The second kappa shape index (κ2) is 8.10. The molecule has 25 heavy (non-hydrogen) atoms. The number of rotatable bonds is 5. The third-order valence-electron chi connectivity index (χ3n) is 2.95. The molecular weight excluding hydrogens is 443 g/mol. The number of ether oxygens (including phenoxy) is 1. The highest BCUT2D eigenvalue weighted by Crippen LogP contribution is 2.40. The van der Waals surface area contributed by atoms with E-state index < -0.39 is 11.9 Å². The number of aryl methyl sites for hydroxylation is 1. The average molecular weight is 450 g/mol. The maximum absolute atomic E-state index is 12.5. The van der Waals surface area contributed by atoms with E-state index in [-0.39, 0.29) is 37.2 Å². The van der Waals surface area contributed by atoms with Gasteiger partial charge in [0.2, 0.25) is 5.88 Å². The Morgan fingerprint density at radius 3 is 2.44 bits per heavy atom. The molecule has 2 rings (SSSR count). The van der Waals surface area contributed by atoms with Gasteiger partial charge in [0.1, 0.15) is 15.7 Å². The van der Waals surface area contributed by atoms with Gasteiger partial charge in [-0.1, -0.05) is 46.4 Å². The van der Waals surface area contributed by atoms with Crippen molar-refractivity contribution >= 4 is 69.3 Å². The molecule has 0 saturated carbocycles. The smallest absolute Gasteiger partial charge is 0.388 e. The van der Waals surface area contributed by atoms with Crippen molar-refractivity contribution < 1.29 is 18.3 Å². The summed E-state index contributed by atoms with van der Waals surface area (Å²) in [5.74, 6) is -0.330. The number of allylic oxidation sites excluding steroid dienone is 1. The van der Waals surface area contributed by atoms with Crippen molar-refractivity contribution in [3.63, 3.8) is 0 Å². The molecule has 134 valence electrons. The molecule has 4 nitrogen and oxygen atoms in total. The predicted molar refractivity (Wildman–Crippen MR) is 95.0 cm³/mol. The van der Waals surface area contributed by atoms with Gasteiger partial charge in [-0.2, -0.15) is 13.9 Å². The van der Waals surface area contributed by atoms with Crippen molar-refractivity contribution in [2.24, 2.45) is 7.05 Å². The van der Waals surface area contributed by atoms with E-state index in [9.17, 15) is 13.6 Å². The van der Waals surface area contributed by atoms with E-state index >= 15 is 0 Å². The topological polar surface area (TPSA) is 44.1 Å². The van der Waals surface area contributed by atoms with Crippen molar-refractivity contribution in [2.45, 2.75) is 6.61 Å². The highest BCUT2D eigenvalue weighted by molar-refractivity contribution is 6.74. The molecule has 1 aromatic heterocycles. The molecule has 1 heterocycles. The fraction of sp³-hybridized carbons (Fsp3) is 0.143. The van der Waals surface area contributed by atoms with Crippen LogP contribution in [0.1, 0.15) is 5.56 Å². The number of halogens is 7. The lowest BCUT2D eigenvalue weighted by atomic mass is 10.1. The molecule has 11 heteroatoms. The Bertz CT molecular complexity index is 867. The van der Waals surface area contributed by atoms with Crippen LogP contribution < -0.4 is 4.74 Å². The Morgan fingerprint density at radius 2 is 1.88 bits per heavy atom. The van der Waals surface area contributed by atoms with Crippen LogP contribution in [-0.2, 0) is 11.8 Å². The molecule has 0 spiro atoms. The van der Waals surface area contributed by atoms with Crippen molar-refractivity contribution in [3.8, 4) is 17.1 Å². The molecule has 0 saturated heterocycles. The lowest BCUT2D eigenvalue weighted by Gasteiger charge is -2.07. The SMILES string of the molecule is Cn1nc(-c2cc(C=C(Cl)C(=O)Cl)c(Cl)cc2Cl)c(Cl)c1OC(F)F. The van der Waals surface area contributed by atoms with Crippen molar-refractivity contribution in [1.29, 1.82) is 0 Å². The summed E-state index contributed by atoms with van der Waals surface area (Å²) in [6, 6.07) is 2.80. The molecule has 0 fully saturated rings. The number of hydrogen-bond acceptors (Lipinski definition) is 3. The summed E-state index contributed by atoms with van der Waals surface area (Å²) < 4.78 is 30.3. The number of carbonyl (C=O) groups excluding carboxylic acids is 1. The van der Waals surface area contributed by atoms with E-state index in [2.05, 4.69) is 9.84 Å². The lowest BCUT2D eigenvalue weighted by molar-refractivity contribution is -0.108. The summed E-state index contributed by atoms with van der Waals surface area (Å²) in [5.41, 5.74) is 0.663. The Kier molecular flexibility index (Phi) is 6.56. The van der Waals surface area contributed by atoms with Crippen LogP contribution in [-0.4, -0.2) is 21.6 Å². The lowest BCUT2D eigenvalue weighted by Crippen LogP contribution is -2.06. The normalized spacial score (nSPS) is 12.0. The number of alkyl halides is 2. The second-order valence-corrected chi connectivity index (χ2v) is 6.53. The largest absolute Gasteiger partial charge is 0.416 e. The van der Waals surface area contributed by atoms with E-state index in [1.165, 1.54) is 25.3 Å². The first-order valence-corrected chi connectivity index (χ1v) is 8.24. The van der Waals surface area contributed by atoms with Gasteiger partial charge in [0, 0.05) is 17.6 Å². The number of aromatic nitrogens is 2. The minimum absolute atomic E-state index is 0.0875. The van der Waals surface area contributed by atoms with Crippen molar-refractivity contribution in [2.75, 3.05) is 0 Å². The van der Waals surface area contributed by atoms with Gasteiger partial charge in [0.25, 0.3) is 5.24 Å². The second-order valence-electron chi connectivity index (χ2n) is 4.59. The quantitative estimate of drug-likeness (QED) is 0.415. The van der Waals surface area contributed by atoms with Crippen LogP contribution in [0.2, 0.25) is 15.1 Å². The van der Waals surface area contributed by atoms with Gasteiger partial charge in [-0.25, -0.2) is 4.68 Å². The summed E-state index contributed by atoms with van der Waals surface area (Å²) in [4.78, 5) is 11.1. The van der Waals surface area contributed by atoms with Gasteiger partial charge in [0.05, 0.1) is 5.02 Å². The van der Waals surface area contributed by atoms with Gasteiger partial charge in [-0.15, -0.1) is 0 Å². The minimum atomic E-state index is -3.08. The van der Waals surface area contributed by atoms with E-state index in [1.54, 1.807) is 0 Å². The third-order valence-corrected chi connectivity index (χ3v) is 4.51. The van der Waals surface area contributed by atoms with Crippen LogP contribution in [0.5, 0.6) is 5.88 Å². The molecule has 0 amide bonds. The molecule has 0 bridgehead atoms. The molecule has 0 radical (unpaired) electrons. The summed E-state index contributed by atoms with van der Waals surface area (Å²) in [6.45, 7) is -3.08. The van der Waals surface area contributed by atoms with Gasteiger partial charge in [0.15, 0.2) is 0 Å². The molecule has 2 aromatic rings. The number of nitrogens with zero attached hydrogens (tertiary/aromatic N) is 2. The van der Waals surface area contributed by atoms with Crippen molar-refractivity contribution in [1.82, 2.24) is 9.78 Å². The number of hydrogen-bond donors (Lipinski definition) is 0. The Morgan fingerprint density at radius 1 is 1.24 bits per heavy atom. The van der Waals surface area contributed by atoms with Gasteiger partial charge >= 0.3 is 6.61 Å². The monoisotopic (exact) mass is 448 g/mol. The zero-order chi connectivity index (χ0) is 18.9.